The second-order valence-corrected chi connectivity index (χ2v) is 12.0. The first-order valence-corrected chi connectivity index (χ1v) is 12.2. The Kier molecular flexibility index (Phi) is 2.67. The molecule has 0 atom stereocenters. The summed E-state index contributed by atoms with van der Waals surface area (Å²) in [5, 5.41) is 0. The van der Waals surface area contributed by atoms with Gasteiger partial charge >= 0.3 is 71.6 Å². The topological polar surface area (TPSA) is 0 Å². The molecule has 0 fully saturated rings. The summed E-state index contributed by atoms with van der Waals surface area (Å²) in [6.07, 6.45) is 3.66. The molecule has 0 unspecified atom stereocenters. The van der Waals surface area contributed by atoms with Crippen LogP contribution >= 0.6 is 0 Å². The van der Waals surface area contributed by atoms with Gasteiger partial charge in [-0.3, -0.25) is 0 Å². The molecule has 0 saturated carbocycles. The molecule has 0 nitrogen and oxygen atoms in total. The van der Waals surface area contributed by atoms with Crippen LogP contribution in [0, 0.1) is 0 Å². The Morgan fingerprint density at radius 2 is 1.90 bits per heavy atom. The molecule has 10 heavy (non-hydrogen) atoms. The Balaban J connectivity index is 2.84. The van der Waals surface area contributed by atoms with Gasteiger partial charge in [-0.2, -0.15) is 0 Å². The van der Waals surface area contributed by atoms with Crippen LogP contribution in [0.3, 0.4) is 0 Å². The van der Waals surface area contributed by atoms with Gasteiger partial charge in [0.05, 0.1) is 0 Å². The number of allylic oxidation sites excluding steroid dienone is 4. The van der Waals surface area contributed by atoms with Gasteiger partial charge in [0, 0.05) is 0 Å². The Bertz CT molecular complexity index is 197. The third-order valence-corrected chi connectivity index (χ3v) is 8.29. The average molecular weight is 238 g/mol. The van der Waals surface area contributed by atoms with Gasteiger partial charge in [0.1, 0.15) is 0 Å². The summed E-state index contributed by atoms with van der Waals surface area (Å²) in [6, 6.07) is 0. The van der Waals surface area contributed by atoms with E-state index >= 15 is 0 Å². The van der Waals surface area contributed by atoms with Gasteiger partial charge in [0.2, 0.25) is 0 Å². The minimum absolute atomic E-state index is 1.12. The maximum atomic E-state index is 2.48. The van der Waals surface area contributed by atoms with E-state index in [1.165, 1.54) is 12.0 Å². The van der Waals surface area contributed by atoms with E-state index in [-0.39, 0.29) is 0 Å². The molecule has 0 bridgehead atoms. The van der Waals surface area contributed by atoms with Crippen LogP contribution in [0.15, 0.2) is 20.6 Å². The zero-order chi connectivity index (χ0) is 7.72. The molecule has 1 aliphatic rings. The summed E-state index contributed by atoms with van der Waals surface area (Å²) in [4.78, 5) is 0. The molecule has 0 spiro atoms. The summed E-state index contributed by atoms with van der Waals surface area (Å²) in [5.41, 5.74) is 3.14. The van der Waals surface area contributed by atoms with Gasteiger partial charge in [0.15, 0.2) is 0 Å². The molecule has 1 rings (SSSR count). The van der Waals surface area contributed by atoms with E-state index in [0.29, 0.717) is 0 Å². The summed E-state index contributed by atoms with van der Waals surface area (Å²) >= 11 is -1.12. The van der Waals surface area contributed by atoms with Crippen molar-refractivity contribution in [3.8, 4) is 0 Å². The molecule has 0 aromatic rings. The molecule has 0 radical (unpaired) electrons. The van der Waals surface area contributed by atoms with Crippen LogP contribution in [0.1, 0.15) is 20.3 Å². The van der Waals surface area contributed by atoms with Crippen LogP contribution in [-0.2, 0) is 0 Å². The van der Waals surface area contributed by atoms with E-state index in [2.05, 4.69) is 29.3 Å². The maximum absolute atomic E-state index is 2.48. The Morgan fingerprint density at radius 1 is 1.30 bits per heavy atom. The molecule has 54 valence electrons. The first kappa shape index (κ1) is 8.45. The fourth-order valence-corrected chi connectivity index (χ4v) is 6.29. The Hall–Kier alpha value is 0.350. The van der Waals surface area contributed by atoms with E-state index < -0.39 is 21.4 Å². The van der Waals surface area contributed by atoms with Crippen LogP contribution in [0.25, 0.3) is 0 Å². The van der Waals surface area contributed by atoms with Crippen molar-refractivity contribution in [2.24, 2.45) is 0 Å². The predicted octanol–water partition coefficient (Wildman–Crippen LogP) is 2.95. The Labute approximate surface area is 71.5 Å². The van der Waals surface area contributed by atoms with Crippen molar-refractivity contribution in [1.82, 2.24) is 0 Å². The SMILES string of the molecule is CC1=CC[C]([In]([CH3])[CH3])=C1C. The number of rotatable bonds is 1. The Morgan fingerprint density at radius 3 is 2.10 bits per heavy atom. The zero-order valence-corrected chi connectivity index (χ0v) is 10.7. The van der Waals surface area contributed by atoms with Crippen LogP contribution in [0.5, 0.6) is 0 Å². The number of hydrogen-bond acceptors (Lipinski definition) is 0. The summed E-state index contributed by atoms with van der Waals surface area (Å²) in [7, 11) is 0. The summed E-state index contributed by atoms with van der Waals surface area (Å²) in [5.74, 6) is 0. The van der Waals surface area contributed by atoms with Crippen LogP contribution in [0.4, 0.5) is 0 Å². The van der Waals surface area contributed by atoms with E-state index in [4.69, 9.17) is 0 Å². The second kappa shape index (κ2) is 3.17. The van der Waals surface area contributed by atoms with Crippen molar-refractivity contribution in [2.45, 2.75) is 29.6 Å². The van der Waals surface area contributed by atoms with Crippen molar-refractivity contribution in [1.29, 1.82) is 0 Å². The monoisotopic (exact) mass is 238 g/mol. The molecule has 1 heteroatoms. The van der Waals surface area contributed by atoms with E-state index in [9.17, 15) is 0 Å². The van der Waals surface area contributed by atoms with Crippen LogP contribution in [-0.4, -0.2) is 21.4 Å². The van der Waals surface area contributed by atoms with Gasteiger partial charge in [-0.25, -0.2) is 0 Å². The molecule has 0 aromatic heterocycles. The van der Waals surface area contributed by atoms with Gasteiger partial charge < -0.3 is 0 Å². The molecule has 1 aliphatic carbocycles. The number of hydrogen-bond donors (Lipinski definition) is 0. The first-order valence-electron chi connectivity index (χ1n) is 3.99. The molecular formula is C9H15In. The second-order valence-electron chi connectivity index (χ2n) is 3.40. The van der Waals surface area contributed by atoms with Crippen LogP contribution < -0.4 is 0 Å². The minimum atomic E-state index is -1.12. The van der Waals surface area contributed by atoms with E-state index in [0.717, 1.165) is 0 Å². The quantitative estimate of drug-likeness (QED) is 0.658. The fourth-order valence-electron chi connectivity index (χ4n) is 1.49. The molecular weight excluding hydrogens is 223 g/mol. The van der Waals surface area contributed by atoms with Crippen molar-refractivity contribution in [2.75, 3.05) is 0 Å². The van der Waals surface area contributed by atoms with Gasteiger partial charge in [-0.15, -0.1) is 0 Å². The third-order valence-electron chi connectivity index (χ3n) is 2.40. The molecule has 0 heterocycles. The van der Waals surface area contributed by atoms with E-state index in [1.54, 1.807) is 5.57 Å². The average Bonchev–Trinajstić information content (AvgIpc) is 2.14. The molecule has 0 aliphatic heterocycles. The zero-order valence-electron chi connectivity index (χ0n) is 7.36. The first-order chi connectivity index (χ1) is 4.63. The molecule has 0 saturated heterocycles. The molecule has 0 N–H and O–H groups in total. The third kappa shape index (κ3) is 1.50. The summed E-state index contributed by atoms with van der Waals surface area (Å²) < 4.78 is 6.79. The van der Waals surface area contributed by atoms with Gasteiger partial charge in [-0.05, 0) is 0 Å². The fraction of sp³-hybridized carbons (Fsp3) is 0.556. The molecule has 0 aromatic carbocycles. The summed E-state index contributed by atoms with van der Waals surface area (Å²) in [6.45, 7) is 4.52. The van der Waals surface area contributed by atoms with Gasteiger partial charge in [0.25, 0.3) is 0 Å². The predicted molar refractivity (Wildman–Crippen MR) is 48.6 cm³/mol. The van der Waals surface area contributed by atoms with Gasteiger partial charge in [-0.1, -0.05) is 0 Å². The van der Waals surface area contributed by atoms with Crippen molar-refractivity contribution in [3.63, 3.8) is 0 Å². The van der Waals surface area contributed by atoms with Crippen molar-refractivity contribution in [3.05, 3.63) is 20.6 Å². The van der Waals surface area contributed by atoms with Crippen molar-refractivity contribution >= 4 is 21.4 Å². The normalized spacial score (nSPS) is 17.8. The van der Waals surface area contributed by atoms with Crippen molar-refractivity contribution < 1.29 is 0 Å². The molecule has 0 amide bonds. The van der Waals surface area contributed by atoms with Crippen LogP contribution in [0.2, 0.25) is 9.36 Å². The van der Waals surface area contributed by atoms with E-state index in [1.807, 2.05) is 3.33 Å². The standard InChI is InChI=1S/C7H9.2CH3.In/c1-6-4-3-5-7(6)2;;;/h4H,3H2,1-2H3;2*1H3;.